The first kappa shape index (κ1) is 15.5. The van der Waals surface area contributed by atoms with Gasteiger partial charge in [-0.25, -0.2) is 0 Å². The standard InChI is InChI=1S/C17H20BNO2/c1-12-8-14(9-16(20-2)17(12)21-3)11-19-10-13-4-6-15(18)7-5-13/h4-9,19H,10-11H2,1-3H3. The average Bonchev–Trinajstić information content (AvgIpc) is 2.48. The first-order valence-electron chi connectivity index (χ1n) is 6.90. The molecule has 0 aliphatic heterocycles. The normalized spacial score (nSPS) is 10.4. The van der Waals surface area contributed by atoms with E-state index in [1.165, 1.54) is 11.1 Å². The van der Waals surface area contributed by atoms with Crippen molar-refractivity contribution in [2.24, 2.45) is 0 Å². The van der Waals surface area contributed by atoms with Crippen LogP contribution in [0.5, 0.6) is 11.5 Å². The minimum Gasteiger partial charge on any atom is -0.493 e. The molecule has 3 nitrogen and oxygen atoms in total. The van der Waals surface area contributed by atoms with Gasteiger partial charge < -0.3 is 14.8 Å². The number of nitrogens with one attached hydrogen (secondary N) is 1. The number of benzene rings is 2. The van der Waals surface area contributed by atoms with E-state index in [1.807, 2.05) is 37.3 Å². The van der Waals surface area contributed by atoms with Crippen molar-refractivity contribution in [1.82, 2.24) is 5.32 Å². The molecule has 0 saturated carbocycles. The minimum atomic E-state index is 0.766. The summed E-state index contributed by atoms with van der Waals surface area (Å²) in [5.74, 6) is 1.56. The van der Waals surface area contributed by atoms with Gasteiger partial charge in [-0.2, -0.15) is 0 Å². The van der Waals surface area contributed by atoms with Crippen LogP contribution in [0, 0.1) is 6.92 Å². The molecule has 0 saturated heterocycles. The van der Waals surface area contributed by atoms with E-state index >= 15 is 0 Å². The first-order valence-corrected chi connectivity index (χ1v) is 6.90. The molecule has 0 aromatic heterocycles. The molecule has 0 bridgehead atoms. The van der Waals surface area contributed by atoms with Crippen molar-refractivity contribution in [1.29, 1.82) is 0 Å². The molecule has 2 rings (SSSR count). The van der Waals surface area contributed by atoms with E-state index in [0.717, 1.165) is 35.6 Å². The van der Waals surface area contributed by atoms with Gasteiger partial charge in [-0.3, -0.25) is 0 Å². The zero-order valence-electron chi connectivity index (χ0n) is 12.8. The van der Waals surface area contributed by atoms with Crippen LogP contribution in [-0.2, 0) is 13.1 Å². The predicted octanol–water partition coefficient (Wildman–Crippen LogP) is 2.10. The van der Waals surface area contributed by atoms with Crippen LogP contribution in [0.25, 0.3) is 0 Å². The molecule has 108 valence electrons. The lowest BCUT2D eigenvalue weighted by Crippen LogP contribution is -2.13. The molecule has 2 aromatic rings. The van der Waals surface area contributed by atoms with Crippen LogP contribution in [0.2, 0.25) is 0 Å². The number of hydrogen-bond acceptors (Lipinski definition) is 3. The second-order valence-electron chi connectivity index (χ2n) is 4.99. The molecule has 0 spiro atoms. The molecule has 2 radical (unpaired) electrons. The summed E-state index contributed by atoms with van der Waals surface area (Å²) < 4.78 is 10.7. The van der Waals surface area contributed by atoms with E-state index in [9.17, 15) is 0 Å². The Labute approximate surface area is 127 Å². The second-order valence-corrected chi connectivity index (χ2v) is 4.99. The number of methoxy groups -OCH3 is 2. The highest BCUT2D eigenvalue weighted by atomic mass is 16.5. The Hall–Kier alpha value is -1.94. The fourth-order valence-electron chi connectivity index (χ4n) is 2.32. The molecule has 0 fully saturated rings. The summed E-state index contributed by atoms with van der Waals surface area (Å²) in [6.07, 6.45) is 0. The molecule has 21 heavy (non-hydrogen) atoms. The van der Waals surface area contributed by atoms with Crippen LogP contribution in [0.15, 0.2) is 36.4 Å². The van der Waals surface area contributed by atoms with Gasteiger partial charge >= 0.3 is 0 Å². The Bertz CT molecular complexity index is 596. The maximum absolute atomic E-state index is 5.68. The third kappa shape index (κ3) is 4.02. The Kier molecular flexibility index (Phi) is 5.29. The molecule has 1 N–H and O–H groups in total. The number of aryl methyl sites for hydroxylation is 1. The fraction of sp³-hybridized carbons (Fsp3) is 0.294. The highest BCUT2D eigenvalue weighted by Crippen LogP contribution is 2.31. The van der Waals surface area contributed by atoms with Gasteiger partial charge in [0.15, 0.2) is 11.5 Å². The Morgan fingerprint density at radius 3 is 2.24 bits per heavy atom. The molecular formula is C17H20BNO2. The van der Waals surface area contributed by atoms with Gasteiger partial charge in [0.05, 0.1) is 14.2 Å². The van der Waals surface area contributed by atoms with Crippen molar-refractivity contribution >= 4 is 13.3 Å². The van der Waals surface area contributed by atoms with Crippen molar-refractivity contribution in [3.63, 3.8) is 0 Å². The molecule has 0 aliphatic rings. The zero-order chi connectivity index (χ0) is 15.2. The topological polar surface area (TPSA) is 30.5 Å². The SMILES string of the molecule is [B]c1ccc(CNCc2cc(C)c(OC)c(OC)c2)cc1. The minimum absolute atomic E-state index is 0.766. The van der Waals surface area contributed by atoms with Crippen molar-refractivity contribution in [2.75, 3.05) is 14.2 Å². The van der Waals surface area contributed by atoms with E-state index in [0.29, 0.717) is 0 Å². The van der Waals surface area contributed by atoms with Crippen LogP contribution in [-0.4, -0.2) is 22.1 Å². The van der Waals surface area contributed by atoms with E-state index in [-0.39, 0.29) is 0 Å². The van der Waals surface area contributed by atoms with Gasteiger partial charge in [-0.05, 0) is 29.7 Å². The van der Waals surface area contributed by atoms with Gasteiger partial charge in [0, 0.05) is 13.1 Å². The summed E-state index contributed by atoms with van der Waals surface area (Å²) in [7, 11) is 8.99. The molecule has 4 heteroatoms. The summed E-state index contributed by atoms with van der Waals surface area (Å²) in [6.45, 7) is 3.59. The Balaban J connectivity index is 2.00. The highest BCUT2D eigenvalue weighted by Gasteiger charge is 2.08. The monoisotopic (exact) mass is 281 g/mol. The summed E-state index contributed by atoms with van der Waals surface area (Å²) in [6, 6.07) is 12.0. The van der Waals surface area contributed by atoms with Gasteiger partial charge in [-0.15, -0.1) is 0 Å². The van der Waals surface area contributed by atoms with Crippen LogP contribution in [0.4, 0.5) is 0 Å². The highest BCUT2D eigenvalue weighted by molar-refractivity contribution is 6.32. The van der Waals surface area contributed by atoms with E-state index in [4.69, 9.17) is 17.3 Å². The van der Waals surface area contributed by atoms with E-state index in [1.54, 1.807) is 14.2 Å². The molecule has 0 unspecified atom stereocenters. The molecule has 0 atom stereocenters. The third-order valence-electron chi connectivity index (χ3n) is 3.36. The predicted molar refractivity (Wildman–Crippen MR) is 86.7 cm³/mol. The molecule has 0 heterocycles. The van der Waals surface area contributed by atoms with Crippen LogP contribution in [0.1, 0.15) is 16.7 Å². The largest absolute Gasteiger partial charge is 0.493 e. The number of ether oxygens (including phenoxy) is 2. The Morgan fingerprint density at radius 1 is 0.952 bits per heavy atom. The maximum atomic E-state index is 5.68. The maximum Gasteiger partial charge on any atom is 0.163 e. The molecule has 0 amide bonds. The fourth-order valence-corrected chi connectivity index (χ4v) is 2.32. The summed E-state index contributed by atoms with van der Waals surface area (Å²) >= 11 is 0. The van der Waals surface area contributed by atoms with Crippen LogP contribution < -0.4 is 20.3 Å². The summed E-state index contributed by atoms with van der Waals surface area (Å²) in [5.41, 5.74) is 4.23. The third-order valence-corrected chi connectivity index (χ3v) is 3.36. The van der Waals surface area contributed by atoms with Crippen molar-refractivity contribution < 1.29 is 9.47 Å². The lowest BCUT2D eigenvalue weighted by molar-refractivity contribution is 0.352. The van der Waals surface area contributed by atoms with Crippen molar-refractivity contribution in [3.05, 3.63) is 53.1 Å². The van der Waals surface area contributed by atoms with Crippen LogP contribution in [0.3, 0.4) is 0 Å². The Morgan fingerprint density at radius 2 is 1.62 bits per heavy atom. The lowest BCUT2D eigenvalue weighted by atomic mass is 9.95. The summed E-state index contributed by atoms with van der Waals surface area (Å²) in [5, 5.41) is 3.42. The molecular weight excluding hydrogens is 261 g/mol. The van der Waals surface area contributed by atoms with Crippen LogP contribution >= 0.6 is 0 Å². The second kappa shape index (κ2) is 7.18. The lowest BCUT2D eigenvalue weighted by Gasteiger charge is -2.13. The average molecular weight is 281 g/mol. The number of rotatable bonds is 6. The number of hydrogen-bond donors (Lipinski definition) is 1. The van der Waals surface area contributed by atoms with E-state index in [2.05, 4.69) is 11.4 Å². The smallest absolute Gasteiger partial charge is 0.163 e. The van der Waals surface area contributed by atoms with Gasteiger partial charge in [0.25, 0.3) is 0 Å². The first-order chi connectivity index (χ1) is 10.1. The molecule has 2 aromatic carbocycles. The summed E-state index contributed by atoms with van der Waals surface area (Å²) in [4.78, 5) is 0. The van der Waals surface area contributed by atoms with Gasteiger partial charge in [0.2, 0.25) is 0 Å². The quantitative estimate of drug-likeness (QED) is 0.822. The van der Waals surface area contributed by atoms with Gasteiger partial charge in [0.1, 0.15) is 7.85 Å². The molecule has 0 aliphatic carbocycles. The van der Waals surface area contributed by atoms with Gasteiger partial charge in [-0.1, -0.05) is 35.8 Å². The van der Waals surface area contributed by atoms with Crippen molar-refractivity contribution in [3.8, 4) is 11.5 Å². The van der Waals surface area contributed by atoms with Crippen molar-refractivity contribution in [2.45, 2.75) is 20.0 Å². The van der Waals surface area contributed by atoms with E-state index < -0.39 is 0 Å². The zero-order valence-corrected chi connectivity index (χ0v) is 12.8.